The number of fused-ring (bicyclic) bond motifs is 1. The summed E-state index contributed by atoms with van der Waals surface area (Å²) in [6, 6.07) is 16.5. The van der Waals surface area contributed by atoms with Gasteiger partial charge in [0.15, 0.2) is 11.6 Å². The van der Waals surface area contributed by atoms with Crippen LogP contribution in [-0.2, 0) is 49.7 Å². The van der Waals surface area contributed by atoms with Crippen molar-refractivity contribution in [1.82, 2.24) is 14.5 Å². The molecule has 4 aromatic rings. The number of halogens is 5. The van der Waals surface area contributed by atoms with Crippen molar-refractivity contribution in [2.75, 3.05) is 32.7 Å². The van der Waals surface area contributed by atoms with Crippen molar-refractivity contribution in [1.29, 1.82) is 0 Å². The van der Waals surface area contributed by atoms with Gasteiger partial charge in [0.2, 0.25) is 5.91 Å². The first kappa shape index (κ1) is 36.9. The Labute approximate surface area is 289 Å². The molecule has 1 heterocycles. The largest absolute Gasteiger partial charge is 0.416 e. The number of carbonyl (C=O) groups excluding carboxylic acids is 1. The molecule has 0 radical (unpaired) electrons. The predicted octanol–water partition coefficient (Wildman–Crippen LogP) is 7.39. The molecular weight excluding hydrogens is 651 g/mol. The van der Waals surface area contributed by atoms with E-state index in [2.05, 4.69) is 25.8 Å². The lowest BCUT2D eigenvalue weighted by Crippen LogP contribution is -2.52. The molecule has 11 heteroatoms. The topological polar surface area (TPSA) is 55.2 Å². The molecule has 0 saturated heterocycles. The summed E-state index contributed by atoms with van der Waals surface area (Å²) >= 11 is 0. The number of aromatic nitrogens is 2. The Morgan fingerprint density at radius 2 is 1.52 bits per heavy atom. The van der Waals surface area contributed by atoms with E-state index in [-0.39, 0.29) is 36.4 Å². The van der Waals surface area contributed by atoms with Crippen LogP contribution < -0.4 is 5.56 Å². The first-order valence-corrected chi connectivity index (χ1v) is 17.3. The molecule has 1 aliphatic carbocycles. The second-order valence-electron chi connectivity index (χ2n) is 13.0. The van der Waals surface area contributed by atoms with Gasteiger partial charge >= 0.3 is 6.18 Å². The zero-order valence-corrected chi connectivity index (χ0v) is 28.8. The molecule has 0 aliphatic heterocycles. The fourth-order valence-corrected chi connectivity index (χ4v) is 6.90. The number of nitrogens with zero attached hydrogens (tertiary/aromatic N) is 4. The molecular formula is C39H44F5N4O2+. The zero-order chi connectivity index (χ0) is 36.1. The van der Waals surface area contributed by atoms with Crippen molar-refractivity contribution in [3.05, 3.63) is 122 Å². The van der Waals surface area contributed by atoms with E-state index in [0.717, 1.165) is 72.1 Å². The average Bonchev–Trinajstić information content (AvgIpc) is 3.61. The van der Waals surface area contributed by atoms with Gasteiger partial charge in [-0.1, -0.05) is 48.5 Å². The Hall–Kier alpha value is -4.38. The summed E-state index contributed by atoms with van der Waals surface area (Å²) in [5.74, 6) is -1.66. The standard InChI is InChI=1S/C39H44F5N4O2/c1-4-48(5-2,6-3)24-23-46(25-27-13-15-28(16-14-27)29-17-20-31(21-18-29)39(42,43)44)36(49)26-47-34-12-8-10-32(34)38(50)45-35(47)22-19-30-9-7-11-33(40)37(30)41/h7,9,11,13-18,20-21H,4-6,8,10,12,19,22-26H2,1-3H3/q+1. The lowest BCUT2D eigenvalue weighted by molar-refractivity contribution is -0.922. The number of likely N-dealkylation sites (N-methyl/N-ethyl adjacent to an activating group) is 1. The van der Waals surface area contributed by atoms with Crippen molar-refractivity contribution >= 4 is 5.91 Å². The number of carbonyl (C=O) groups is 1. The van der Waals surface area contributed by atoms with Crippen LogP contribution in [0.5, 0.6) is 0 Å². The zero-order valence-electron chi connectivity index (χ0n) is 28.8. The highest BCUT2D eigenvalue weighted by molar-refractivity contribution is 5.76. The van der Waals surface area contributed by atoms with Crippen molar-refractivity contribution in [2.45, 2.75) is 72.1 Å². The van der Waals surface area contributed by atoms with Gasteiger partial charge in [-0.3, -0.25) is 9.59 Å². The smallest absolute Gasteiger partial charge is 0.331 e. The van der Waals surface area contributed by atoms with Crippen LogP contribution >= 0.6 is 0 Å². The Morgan fingerprint density at radius 3 is 2.14 bits per heavy atom. The van der Waals surface area contributed by atoms with Gasteiger partial charge in [0, 0.05) is 24.2 Å². The van der Waals surface area contributed by atoms with Gasteiger partial charge in [0.25, 0.3) is 5.56 Å². The van der Waals surface area contributed by atoms with E-state index in [1.165, 1.54) is 24.3 Å². The normalized spacial score (nSPS) is 13.0. The van der Waals surface area contributed by atoms with Crippen molar-refractivity contribution < 1.29 is 31.2 Å². The minimum Gasteiger partial charge on any atom is -0.331 e. The number of aryl methyl sites for hydroxylation is 2. The summed E-state index contributed by atoms with van der Waals surface area (Å²) in [7, 11) is 0. The average molecular weight is 696 g/mol. The molecule has 1 amide bonds. The van der Waals surface area contributed by atoms with E-state index in [9.17, 15) is 31.5 Å². The minimum atomic E-state index is -4.41. The second-order valence-corrected chi connectivity index (χ2v) is 13.0. The maximum absolute atomic E-state index is 14.5. The Bertz CT molecular complexity index is 1840. The van der Waals surface area contributed by atoms with E-state index in [1.807, 2.05) is 33.7 Å². The first-order valence-electron chi connectivity index (χ1n) is 17.3. The second kappa shape index (κ2) is 15.7. The molecule has 0 atom stereocenters. The number of rotatable bonds is 14. The highest BCUT2D eigenvalue weighted by Gasteiger charge is 2.30. The summed E-state index contributed by atoms with van der Waals surface area (Å²) in [5, 5.41) is 0. The number of quaternary nitrogens is 1. The van der Waals surface area contributed by atoms with Gasteiger partial charge in [-0.25, -0.2) is 8.78 Å². The Kier molecular flexibility index (Phi) is 11.6. The van der Waals surface area contributed by atoms with Gasteiger partial charge in [0.05, 0.1) is 38.3 Å². The summed E-state index contributed by atoms with van der Waals surface area (Å²) in [6.07, 6.45) is -2.18. The molecule has 6 nitrogen and oxygen atoms in total. The van der Waals surface area contributed by atoms with Crippen LogP contribution in [0, 0.1) is 11.6 Å². The van der Waals surface area contributed by atoms with Gasteiger partial charge < -0.3 is 14.0 Å². The van der Waals surface area contributed by atoms with Gasteiger partial charge in [-0.05, 0) is 86.9 Å². The predicted molar refractivity (Wildman–Crippen MR) is 183 cm³/mol. The molecule has 5 rings (SSSR count). The van der Waals surface area contributed by atoms with Crippen LogP contribution in [0.1, 0.15) is 61.0 Å². The number of hydrogen-bond acceptors (Lipinski definition) is 3. The van der Waals surface area contributed by atoms with Crippen molar-refractivity contribution in [3.63, 3.8) is 0 Å². The first-order chi connectivity index (χ1) is 23.9. The van der Waals surface area contributed by atoms with E-state index >= 15 is 0 Å². The number of amides is 1. The van der Waals surface area contributed by atoms with E-state index < -0.39 is 23.4 Å². The minimum absolute atomic E-state index is 0.0510. The van der Waals surface area contributed by atoms with Crippen LogP contribution in [0.2, 0.25) is 0 Å². The highest BCUT2D eigenvalue weighted by Crippen LogP contribution is 2.31. The van der Waals surface area contributed by atoms with Crippen molar-refractivity contribution in [2.24, 2.45) is 0 Å². The number of alkyl halides is 3. The molecule has 0 N–H and O–H groups in total. The molecule has 0 spiro atoms. The third-order valence-electron chi connectivity index (χ3n) is 10.3. The molecule has 0 saturated carbocycles. The SMILES string of the molecule is CC[N+](CC)(CC)CCN(Cc1ccc(-c2ccc(C(F)(F)F)cc2)cc1)C(=O)Cn1c(CCc2cccc(F)c2F)nc(=O)c2c1CCC2. The monoisotopic (exact) mass is 695 g/mol. The van der Waals surface area contributed by atoms with Crippen LogP contribution in [0.4, 0.5) is 22.0 Å². The van der Waals surface area contributed by atoms with E-state index in [4.69, 9.17) is 0 Å². The maximum atomic E-state index is 14.5. The third-order valence-corrected chi connectivity index (χ3v) is 10.3. The quantitative estimate of drug-likeness (QED) is 0.102. The number of hydrogen-bond donors (Lipinski definition) is 0. The van der Waals surface area contributed by atoms with Crippen LogP contribution in [-0.4, -0.2) is 57.6 Å². The molecule has 50 heavy (non-hydrogen) atoms. The molecule has 0 fully saturated rings. The molecule has 0 bridgehead atoms. The summed E-state index contributed by atoms with van der Waals surface area (Å²) < 4.78 is 70.3. The highest BCUT2D eigenvalue weighted by atomic mass is 19.4. The molecule has 1 aliphatic rings. The molecule has 3 aromatic carbocycles. The van der Waals surface area contributed by atoms with Gasteiger partial charge in [-0.15, -0.1) is 0 Å². The third kappa shape index (κ3) is 8.31. The molecule has 0 unspecified atom stereocenters. The van der Waals surface area contributed by atoms with Crippen LogP contribution in [0.15, 0.2) is 71.5 Å². The number of benzene rings is 3. The fraction of sp³-hybridized carbons (Fsp3) is 0.410. The van der Waals surface area contributed by atoms with Crippen LogP contribution in [0.25, 0.3) is 11.1 Å². The van der Waals surface area contributed by atoms with E-state index in [1.54, 1.807) is 0 Å². The summed E-state index contributed by atoms with van der Waals surface area (Å²) in [4.78, 5) is 33.4. The summed E-state index contributed by atoms with van der Waals surface area (Å²) in [6.45, 7) is 10.6. The maximum Gasteiger partial charge on any atom is 0.416 e. The lowest BCUT2D eigenvalue weighted by atomic mass is 10.0. The summed E-state index contributed by atoms with van der Waals surface area (Å²) in [5.41, 5.74) is 2.77. The van der Waals surface area contributed by atoms with Gasteiger partial charge in [-0.2, -0.15) is 18.2 Å². The Balaban J connectivity index is 1.42. The molecule has 1 aromatic heterocycles. The van der Waals surface area contributed by atoms with Gasteiger partial charge in [0.1, 0.15) is 12.4 Å². The van der Waals surface area contributed by atoms with Crippen LogP contribution in [0.3, 0.4) is 0 Å². The fourth-order valence-electron chi connectivity index (χ4n) is 6.90. The molecule has 266 valence electrons. The van der Waals surface area contributed by atoms with E-state index in [0.29, 0.717) is 42.9 Å². The Morgan fingerprint density at radius 1 is 0.880 bits per heavy atom. The van der Waals surface area contributed by atoms with Crippen molar-refractivity contribution in [3.8, 4) is 11.1 Å². The lowest BCUT2D eigenvalue weighted by Gasteiger charge is -2.37.